The van der Waals surface area contributed by atoms with Crippen LogP contribution in [0.4, 0.5) is 0 Å². The maximum atomic E-state index is 12.3. The molecular formula is C17H24O3S. The van der Waals surface area contributed by atoms with Crippen molar-refractivity contribution in [2.45, 2.75) is 52.4 Å². The predicted octanol–water partition coefficient (Wildman–Crippen LogP) is 3.95. The smallest absolute Gasteiger partial charge is 0.316 e. The van der Waals surface area contributed by atoms with Gasteiger partial charge < -0.3 is 4.74 Å². The van der Waals surface area contributed by atoms with Gasteiger partial charge in [-0.3, -0.25) is 9.59 Å². The van der Waals surface area contributed by atoms with E-state index in [2.05, 4.69) is 0 Å². The molecule has 0 spiro atoms. The van der Waals surface area contributed by atoms with Gasteiger partial charge in [-0.05, 0) is 58.7 Å². The van der Waals surface area contributed by atoms with Gasteiger partial charge in [0.15, 0.2) is 5.78 Å². The van der Waals surface area contributed by atoms with Crippen molar-refractivity contribution in [1.82, 2.24) is 0 Å². The van der Waals surface area contributed by atoms with Crippen molar-refractivity contribution in [3.05, 3.63) is 34.9 Å². The van der Waals surface area contributed by atoms with Gasteiger partial charge in [0.2, 0.25) is 0 Å². The molecule has 0 aliphatic rings. The molecular weight excluding hydrogens is 284 g/mol. The van der Waals surface area contributed by atoms with Gasteiger partial charge in [-0.2, -0.15) is 0 Å². The van der Waals surface area contributed by atoms with Crippen LogP contribution in [0.3, 0.4) is 0 Å². The van der Waals surface area contributed by atoms with Crippen LogP contribution in [0.1, 0.15) is 49.2 Å². The van der Waals surface area contributed by atoms with Gasteiger partial charge >= 0.3 is 5.97 Å². The maximum Gasteiger partial charge on any atom is 0.316 e. The summed E-state index contributed by atoms with van der Waals surface area (Å²) in [5, 5.41) is -0.264. The molecule has 21 heavy (non-hydrogen) atoms. The number of rotatable bonds is 5. The molecule has 0 radical (unpaired) electrons. The number of esters is 1. The first-order valence-corrected chi connectivity index (χ1v) is 8.10. The Morgan fingerprint density at radius 3 is 2.33 bits per heavy atom. The lowest BCUT2D eigenvalue weighted by molar-refractivity contribution is -0.151. The molecule has 0 saturated carbocycles. The number of ketones is 1. The number of hydrogen-bond donors (Lipinski definition) is 0. The molecule has 1 atom stereocenters. The van der Waals surface area contributed by atoms with Gasteiger partial charge in [0.25, 0.3) is 0 Å². The summed E-state index contributed by atoms with van der Waals surface area (Å²) in [6.07, 6.45) is 0. The van der Waals surface area contributed by atoms with Crippen molar-refractivity contribution in [2.24, 2.45) is 0 Å². The molecule has 0 bridgehead atoms. The third-order valence-corrected chi connectivity index (χ3v) is 4.15. The second-order valence-corrected chi connectivity index (χ2v) is 7.53. The average Bonchev–Trinajstić information content (AvgIpc) is 2.36. The highest BCUT2D eigenvalue weighted by Crippen LogP contribution is 2.19. The van der Waals surface area contributed by atoms with Gasteiger partial charge in [0, 0.05) is 5.56 Å². The summed E-state index contributed by atoms with van der Waals surface area (Å²) in [6, 6.07) is 5.70. The van der Waals surface area contributed by atoms with Gasteiger partial charge in [0.1, 0.15) is 5.60 Å². The number of Topliss-reactive ketones (excluding diaryl/α,β-unsaturated/α-hetero) is 1. The van der Waals surface area contributed by atoms with Crippen LogP contribution in [0.2, 0.25) is 0 Å². The fourth-order valence-electron chi connectivity index (χ4n) is 1.77. The molecule has 0 aliphatic heterocycles. The minimum Gasteiger partial charge on any atom is -0.459 e. The van der Waals surface area contributed by atoms with E-state index in [0.29, 0.717) is 5.56 Å². The molecule has 0 aliphatic carbocycles. The highest BCUT2D eigenvalue weighted by molar-refractivity contribution is 8.01. The van der Waals surface area contributed by atoms with E-state index in [-0.39, 0.29) is 22.8 Å². The summed E-state index contributed by atoms with van der Waals surface area (Å²) in [5.41, 5.74) is 2.48. The van der Waals surface area contributed by atoms with E-state index in [1.54, 1.807) is 0 Å². The summed E-state index contributed by atoms with van der Waals surface area (Å²) in [7, 11) is 0. The minimum atomic E-state index is -0.487. The Balaban J connectivity index is 2.59. The second-order valence-electron chi connectivity index (χ2n) is 6.20. The van der Waals surface area contributed by atoms with Gasteiger partial charge in [-0.1, -0.05) is 12.1 Å². The van der Waals surface area contributed by atoms with Crippen LogP contribution >= 0.6 is 11.8 Å². The van der Waals surface area contributed by atoms with Gasteiger partial charge in [-0.15, -0.1) is 11.8 Å². The van der Waals surface area contributed by atoms with Crippen LogP contribution in [0.25, 0.3) is 0 Å². The topological polar surface area (TPSA) is 43.4 Å². The van der Waals surface area contributed by atoms with Crippen LogP contribution in [0.5, 0.6) is 0 Å². The van der Waals surface area contributed by atoms with Crippen molar-refractivity contribution in [3.63, 3.8) is 0 Å². The van der Waals surface area contributed by atoms with Crippen LogP contribution < -0.4 is 0 Å². The van der Waals surface area contributed by atoms with E-state index >= 15 is 0 Å². The quantitative estimate of drug-likeness (QED) is 0.610. The molecule has 4 heteroatoms. The summed E-state index contributed by atoms with van der Waals surface area (Å²) in [5.74, 6) is -0.0476. The fourth-order valence-corrected chi connectivity index (χ4v) is 2.50. The zero-order valence-electron chi connectivity index (χ0n) is 13.6. The van der Waals surface area contributed by atoms with Crippen LogP contribution in [-0.2, 0) is 9.53 Å². The zero-order chi connectivity index (χ0) is 16.2. The van der Waals surface area contributed by atoms with Crippen LogP contribution in [-0.4, -0.2) is 28.4 Å². The lowest BCUT2D eigenvalue weighted by Gasteiger charge is -2.20. The highest BCUT2D eigenvalue weighted by Gasteiger charge is 2.20. The monoisotopic (exact) mass is 308 g/mol. The molecule has 1 unspecified atom stereocenters. The Morgan fingerprint density at radius 1 is 1.19 bits per heavy atom. The van der Waals surface area contributed by atoms with Crippen molar-refractivity contribution in [2.75, 3.05) is 5.75 Å². The summed E-state index contributed by atoms with van der Waals surface area (Å²) in [6.45, 7) is 11.3. The van der Waals surface area contributed by atoms with Crippen molar-refractivity contribution < 1.29 is 14.3 Å². The number of ether oxygens (including phenoxy) is 1. The Bertz CT molecular complexity index is 529. The van der Waals surface area contributed by atoms with E-state index in [0.717, 1.165) is 5.56 Å². The lowest BCUT2D eigenvalue weighted by atomic mass is 10.0. The van der Waals surface area contributed by atoms with Gasteiger partial charge in [-0.25, -0.2) is 0 Å². The highest BCUT2D eigenvalue weighted by atomic mass is 32.2. The molecule has 3 nitrogen and oxygen atoms in total. The van der Waals surface area contributed by atoms with E-state index in [4.69, 9.17) is 4.74 Å². The first-order chi connectivity index (χ1) is 9.60. The Morgan fingerprint density at radius 2 is 1.81 bits per heavy atom. The molecule has 0 heterocycles. The molecule has 1 aromatic rings. The lowest BCUT2D eigenvalue weighted by Crippen LogP contribution is -2.26. The molecule has 1 aromatic carbocycles. The summed E-state index contributed by atoms with van der Waals surface area (Å²) < 4.78 is 5.24. The number of benzene rings is 1. The van der Waals surface area contributed by atoms with Crippen molar-refractivity contribution in [3.8, 4) is 0 Å². The predicted molar refractivity (Wildman–Crippen MR) is 88.0 cm³/mol. The average molecular weight is 308 g/mol. The number of thioether (sulfide) groups is 1. The van der Waals surface area contributed by atoms with Crippen LogP contribution in [0, 0.1) is 13.8 Å². The molecule has 0 fully saturated rings. The molecule has 0 amide bonds. The largest absolute Gasteiger partial charge is 0.459 e. The molecule has 1 rings (SSSR count). The number of carbonyl (C=O) groups excluding carboxylic acids is 2. The summed E-state index contributed by atoms with van der Waals surface area (Å²) >= 11 is 1.31. The molecule has 116 valence electrons. The van der Waals surface area contributed by atoms with Crippen molar-refractivity contribution >= 4 is 23.5 Å². The first-order valence-electron chi connectivity index (χ1n) is 7.05. The molecule has 0 N–H and O–H groups in total. The SMILES string of the molecule is Cc1ccc(C(=O)C(C)SCC(=O)OC(C)(C)C)cc1C. The third kappa shape index (κ3) is 5.92. The zero-order valence-corrected chi connectivity index (χ0v) is 14.5. The molecule has 0 saturated heterocycles. The Hall–Kier alpha value is -1.29. The fraction of sp³-hybridized carbons (Fsp3) is 0.529. The first kappa shape index (κ1) is 17.8. The van der Waals surface area contributed by atoms with E-state index < -0.39 is 5.60 Å². The Kier molecular flexibility index (Phi) is 6.02. The van der Waals surface area contributed by atoms with E-state index in [1.807, 2.05) is 59.7 Å². The maximum absolute atomic E-state index is 12.3. The summed E-state index contributed by atoms with van der Waals surface area (Å²) in [4.78, 5) is 24.0. The van der Waals surface area contributed by atoms with Gasteiger partial charge in [0.05, 0.1) is 11.0 Å². The van der Waals surface area contributed by atoms with E-state index in [9.17, 15) is 9.59 Å². The van der Waals surface area contributed by atoms with E-state index in [1.165, 1.54) is 17.3 Å². The number of carbonyl (C=O) groups is 2. The number of aryl methyl sites for hydroxylation is 2. The standard InChI is InChI=1S/C17H24O3S/c1-11-7-8-14(9-12(11)2)16(19)13(3)21-10-15(18)20-17(4,5)6/h7-9,13H,10H2,1-6H3. The van der Waals surface area contributed by atoms with Crippen LogP contribution in [0.15, 0.2) is 18.2 Å². The normalized spacial score (nSPS) is 12.9. The number of hydrogen-bond acceptors (Lipinski definition) is 4. The second kappa shape index (κ2) is 7.12. The third-order valence-electron chi connectivity index (χ3n) is 3.03. The molecule has 0 aromatic heterocycles. The Labute approximate surface area is 131 Å². The minimum absolute atomic E-state index is 0.0478. The van der Waals surface area contributed by atoms with Crippen molar-refractivity contribution in [1.29, 1.82) is 0 Å².